The number of rotatable bonds is 3. The molecule has 0 unspecified atom stereocenters. The quantitative estimate of drug-likeness (QED) is 0.516. The Morgan fingerprint density at radius 2 is 2.06 bits per heavy atom. The number of fused-ring (bicyclic) bond motifs is 2. The molecule has 0 spiro atoms. The Labute approximate surface area is 180 Å². The monoisotopic (exact) mass is 440 g/mol. The zero-order chi connectivity index (χ0) is 22.5. The van der Waals surface area contributed by atoms with E-state index in [1.54, 1.807) is 28.8 Å². The Hall–Kier alpha value is -3.69. The Kier molecular flexibility index (Phi) is 4.72. The number of carbonyl (C=O) groups excluding carboxylic acids is 1. The summed E-state index contributed by atoms with van der Waals surface area (Å²) in [6.07, 6.45) is -0.750. The summed E-state index contributed by atoms with van der Waals surface area (Å²) in [6, 6.07) is 10.8. The molecule has 0 saturated carbocycles. The molecule has 0 aliphatic carbocycles. The number of amides is 1. The van der Waals surface area contributed by atoms with Gasteiger partial charge in [0.2, 0.25) is 0 Å². The number of nitrogens with zero attached hydrogens (tertiary/aromatic N) is 5. The van der Waals surface area contributed by atoms with Crippen molar-refractivity contribution in [3.8, 4) is 11.4 Å². The average molecular weight is 440 g/mol. The van der Waals surface area contributed by atoms with Crippen molar-refractivity contribution in [1.82, 2.24) is 24.1 Å². The van der Waals surface area contributed by atoms with E-state index in [9.17, 15) is 18.0 Å². The molecule has 0 saturated heterocycles. The fraction of sp³-hybridized carbons (Fsp3) is 0.273. The fourth-order valence-electron chi connectivity index (χ4n) is 3.88. The number of aromatic nitrogens is 5. The number of halogens is 3. The van der Waals surface area contributed by atoms with E-state index in [4.69, 9.17) is 0 Å². The van der Waals surface area contributed by atoms with Crippen LogP contribution in [0.25, 0.3) is 17.0 Å². The predicted molar refractivity (Wildman–Crippen MR) is 111 cm³/mol. The van der Waals surface area contributed by atoms with Crippen LogP contribution < -0.4 is 5.32 Å². The Morgan fingerprint density at radius 3 is 2.88 bits per heavy atom. The maximum Gasteiger partial charge on any atom is 0.393 e. The minimum absolute atomic E-state index is 0.0101. The van der Waals surface area contributed by atoms with Crippen molar-refractivity contribution in [3.63, 3.8) is 0 Å². The number of hydrogen-bond donors (Lipinski definition) is 1. The molecule has 1 amide bonds. The van der Waals surface area contributed by atoms with Crippen molar-refractivity contribution in [2.24, 2.45) is 5.92 Å². The smallest absolute Gasteiger partial charge is 0.320 e. The lowest BCUT2D eigenvalue weighted by Crippen LogP contribution is -2.32. The average Bonchev–Trinajstić information content (AvgIpc) is 3.38. The summed E-state index contributed by atoms with van der Waals surface area (Å²) in [5, 5.41) is 7.20. The maximum absolute atomic E-state index is 13.1. The minimum atomic E-state index is -4.25. The van der Waals surface area contributed by atoms with Crippen LogP contribution in [0.4, 0.5) is 18.9 Å². The van der Waals surface area contributed by atoms with Crippen molar-refractivity contribution < 1.29 is 18.0 Å². The number of imidazole rings is 1. The second kappa shape index (κ2) is 7.47. The van der Waals surface area contributed by atoms with E-state index in [-0.39, 0.29) is 25.3 Å². The highest BCUT2D eigenvalue weighted by molar-refractivity contribution is 6.04. The number of alkyl halides is 3. The lowest BCUT2D eigenvalue weighted by atomic mass is 9.99. The van der Waals surface area contributed by atoms with E-state index < -0.39 is 12.1 Å². The Balaban J connectivity index is 1.41. The number of pyridine rings is 1. The molecule has 1 N–H and O–H groups in total. The first kappa shape index (κ1) is 20.2. The van der Waals surface area contributed by atoms with Gasteiger partial charge >= 0.3 is 6.18 Å². The van der Waals surface area contributed by atoms with Gasteiger partial charge in [0.05, 0.1) is 18.7 Å². The molecule has 5 rings (SSSR count). The third-order valence-corrected chi connectivity index (χ3v) is 5.71. The summed E-state index contributed by atoms with van der Waals surface area (Å²) in [4.78, 5) is 21.5. The summed E-state index contributed by atoms with van der Waals surface area (Å²) in [5.74, 6) is -0.859. The van der Waals surface area contributed by atoms with Crippen molar-refractivity contribution in [3.05, 3.63) is 65.9 Å². The molecule has 0 bridgehead atoms. The first-order valence-corrected chi connectivity index (χ1v) is 10.1. The SMILES string of the molecule is Cc1ccc(-c2nc3n(n2)C[C@H](C(F)(F)F)CC3)cc1NC(=O)c1cnc2ccccn12. The van der Waals surface area contributed by atoms with Gasteiger partial charge in [0.15, 0.2) is 5.82 Å². The molecule has 0 radical (unpaired) electrons. The van der Waals surface area contributed by atoms with E-state index in [0.29, 0.717) is 34.2 Å². The van der Waals surface area contributed by atoms with Crippen molar-refractivity contribution in [2.75, 3.05) is 5.32 Å². The van der Waals surface area contributed by atoms with E-state index in [1.807, 2.05) is 25.1 Å². The van der Waals surface area contributed by atoms with Gasteiger partial charge in [-0.15, -0.1) is 0 Å². The first-order chi connectivity index (χ1) is 15.3. The topological polar surface area (TPSA) is 77.1 Å². The molecule has 164 valence electrons. The van der Waals surface area contributed by atoms with Gasteiger partial charge in [-0.3, -0.25) is 9.20 Å². The lowest BCUT2D eigenvalue weighted by molar-refractivity contribution is -0.182. The van der Waals surface area contributed by atoms with Crippen molar-refractivity contribution in [1.29, 1.82) is 0 Å². The number of nitrogens with one attached hydrogen (secondary N) is 1. The normalized spacial score (nSPS) is 16.2. The number of aryl methyl sites for hydroxylation is 2. The molecular formula is C22H19F3N6O. The first-order valence-electron chi connectivity index (χ1n) is 10.1. The van der Waals surface area contributed by atoms with Crippen LogP contribution in [-0.4, -0.2) is 36.2 Å². The van der Waals surface area contributed by atoms with Crippen LogP contribution in [0.2, 0.25) is 0 Å². The molecule has 10 heteroatoms. The van der Waals surface area contributed by atoms with Gasteiger partial charge in [-0.05, 0) is 37.1 Å². The molecule has 1 aromatic carbocycles. The van der Waals surface area contributed by atoms with Gasteiger partial charge in [0.25, 0.3) is 5.91 Å². The molecule has 4 aromatic rings. The van der Waals surface area contributed by atoms with Gasteiger partial charge in [-0.25, -0.2) is 14.6 Å². The van der Waals surface area contributed by atoms with Gasteiger partial charge in [-0.1, -0.05) is 18.2 Å². The molecular weight excluding hydrogens is 421 g/mol. The van der Waals surface area contributed by atoms with Crippen LogP contribution in [-0.2, 0) is 13.0 Å². The molecule has 1 atom stereocenters. The summed E-state index contributed by atoms with van der Waals surface area (Å²) in [7, 11) is 0. The summed E-state index contributed by atoms with van der Waals surface area (Å²) >= 11 is 0. The van der Waals surface area contributed by atoms with Crippen LogP contribution in [0.5, 0.6) is 0 Å². The number of carbonyl (C=O) groups is 1. The van der Waals surface area contributed by atoms with Gasteiger partial charge in [-0.2, -0.15) is 18.3 Å². The molecule has 0 fully saturated rings. The molecule has 7 nitrogen and oxygen atoms in total. The molecule has 1 aliphatic heterocycles. The summed E-state index contributed by atoms with van der Waals surface area (Å²) in [6.45, 7) is 1.63. The van der Waals surface area contributed by atoms with Gasteiger partial charge in [0, 0.05) is 23.9 Å². The van der Waals surface area contributed by atoms with Crippen LogP contribution in [0, 0.1) is 12.8 Å². The van der Waals surface area contributed by atoms with Crippen LogP contribution in [0.3, 0.4) is 0 Å². The lowest BCUT2D eigenvalue weighted by Gasteiger charge is -2.24. The zero-order valence-corrected chi connectivity index (χ0v) is 17.1. The van der Waals surface area contributed by atoms with E-state index >= 15 is 0 Å². The largest absolute Gasteiger partial charge is 0.393 e. The van der Waals surface area contributed by atoms with Crippen molar-refractivity contribution >= 4 is 17.2 Å². The van der Waals surface area contributed by atoms with Crippen LogP contribution in [0.1, 0.15) is 28.3 Å². The van der Waals surface area contributed by atoms with Crippen LogP contribution in [0.15, 0.2) is 48.8 Å². The second-order valence-corrected chi connectivity index (χ2v) is 7.87. The molecule has 1 aliphatic rings. The minimum Gasteiger partial charge on any atom is -0.320 e. The van der Waals surface area contributed by atoms with Gasteiger partial charge in [0.1, 0.15) is 17.2 Å². The number of anilines is 1. The number of benzene rings is 1. The highest BCUT2D eigenvalue weighted by atomic mass is 19.4. The van der Waals surface area contributed by atoms with Crippen molar-refractivity contribution in [2.45, 2.75) is 32.5 Å². The predicted octanol–water partition coefficient (Wildman–Crippen LogP) is 4.28. The highest BCUT2D eigenvalue weighted by Crippen LogP contribution is 2.34. The fourth-order valence-corrected chi connectivity index (χ4v) is 3.88. The third kappa shape index (κ3) is 3.61. The number of hydrogen-bond acceptors (Lipinski definition) is 4. The molecule has 3 aromatic heterocycles. The Morgan fingerprint density at radius 1 is 1.22 bits per heavy atom. The summed E-state index contributed by atoms with van der Waals surface area (Å²) < 4.78 is 42.3. The van der Waals surface area contributed by atoms with Gasteiger partial charge < -0.3 is 5.32 Å². The third-order valence-electron chi connectivity index (χ3n) is 5.71. The zero-order valence-electron chi connectivity index (χ0n) is 17.1. The van der Waals surface area contributed by atoms with E-state index in [0.717, 1.165) is 5.56 Å². The Bertz CT molecular complexity index is 1320. The molecule has 4 heterocycles. The van der Waals surface area contributed by atoms with E-state index in [1.165, 1.54) is 10.9 Å². The van der Waals surface area contributed by atoms with E-state index in [2.05, 4.69) is 20.4 Å². The van der Waals surface area contributed by atoms with Crippen LogP contribution >= 0.6 is 0 Å². The highest BCUT2D eigenvalue weighted by Gasteiger charge is 2.42. The standard InChI is InChI=1S/C22H19F3N6O/c1-13-5-6-14(20-28-19-8-7-15(22(23,24)25)12-31(19)29-20)10-16(13)27-21(32)17-11-26-18-4-2-3-9-30(17)18/h2-6,9-11,15H,7-8,12H2,1H3,(H,27,32)/t15-/m1/s1. The summed E-state index contributed by atoms with van der Waals surface area (Å²) in [5.41, 5.74) is 3.07. The second-order valence-electron chi connectivity index (χ2n) is 7.87. The molecule has 32 heavy (non-hydrogen) atoms. The maximum atomic E-state index is 13.1.